The van der Waals surface area contributed by atoms with Crippen molar-refractivity contribution in [2.45, 2.75) is 32.6 Å². The van der Waals surface area contributed by atoms with Crippen molar-refractivity contribution in [1.29, 1.82) is 0 Å². The van der Waals surface area contributed by atoms with Gasteiger partial charge in [0.05, 0.1) is 6.54 Å². The molecule has 0 spiro atoms. The largest absolute Gasteiger partial charge is 0.385 e. The van der Waals surface area contributed by atoms with Crippen LogP contribution in [0.1, 0.15) is 42.1 Å². The van der Waals surface area contributed by atoms with Gasteiger partial charge in [-0.15, -0.1) is 0 Å². The molecule has 1 N–H and O–H groups in total. The number of likely N-dealkylation sites (tertiary alicyclic amines) is 1. The third-order valence-electron chi connectivity index (χ3n) is 4.47. The van der Waals surface area contributed by atoms with Crippen LogP contribution in [-0.4, -0.2) is 36.9 Å². The molecule has 3 nitrogen and oxygen atoms in total. The number of benzene rings is 1. The van der Waals surface area contributed by atoms with E-state index in [9.17, 15) is 4.79 Å². The second-order valence-corrected chi connectivity index (χ2v) is 6.31. The molecule has 3 heteroatoms. The van der Waals surface area contributed by atoms with Crippen molar-refractivity contribution >= 4 is 11.5 Å². The van der Waals surface area contributed by atoms with Crippen molar-refractivity contribution in [3.8, 4) is 0 Å². The number of hydrogen-bond donors (Lipinski definition) is 1. The number of nitrogens with zero attached hydrogens (tertiary/aromatic N) is 1. The number of hydrogen-bond acceptors (Lipinski definition) is 3. The van der Waals surface area contributed by atoms with Gasteiger partial charge in [-0.3, -0.25) is 9.69 Å². The summed E-state index contributed by atoms with van der Waals surface area (Å²) in [6.45, 7) is 6.05. The lowest BCUT2D eigenvalue weighted by Crippen LogP contribution is -2.38. The average Bonchev–Trinajstić information content (AvgIpc) is 2.47. The predicted molar refractivity (Wildman–Crippen MR) is 82.4 cm³/mol. The molecule has 1 aromatic rings. The fraction of sp³-hybridized carbons (Fsp3) is 0.588. The summed E-state index contributed by atoms with van der Waals surface area (Å²) in [6.07, 6.45) is 4.77. The van der Waals surface area contributed by atoms with E-state index >= 15 is 0 Å². The van der Waals surface area contributed by atoms with Gasteiger partial charge >= 0.3 is 0 Å². The Balaban J connectivity index is 1.67. The first-order chi connectivity index (χ1) is 9.72. The van der Waals surface area contributed by atoms with Gasteiger partial charge in [0.2, 0.25) is 0 Å². The molecular weight excluding hydrogens is 248 g/mol. The Hall–Kier alpha value is -1.35. The van der Waals surface area contributed by atoms with Crippen LogP contribution in [0.15, 0.2) is 18.2 Å². The van der Waals surface area contributed by atoms with E-state index in [1.54, 1.807) is 0 Å². The zero-order chi connectivity index (χ0) is 13.9. The van der Waals surface area contributed by atoms with Gasteiger partial charge in [0.1, 0.15) is 0 Å². The lowest BCUT2D eigenvalue weighted by Gasteiger charge is -2.30. The highest BCUT2D eigenvalue weighted by Gasteiger charge is 2.20. The summed E-state index contributed by atoms with van der Waals surface area (Å²) in [4.78, 5) is 14.8. The summed E-state index contributed by atoms with van der Waals surface area (Å²) in [6, 6.07) is 6.14. The molecule has 3 rings (SSSR count). The van der Waals surface area contributed by atoms with Crippen molar-refractivity contribution in [2.24, 2.45) is 5.92 Å². The highest BCUT2D eigenvalue weighted by atomic mass is 16.1. The lowest BCUT2D eigenvalue weighted by molar-refractivity contribution is 0.0893. The van der Waals surface area contributed by atoms with E-state index in [-0.39, 0.29) is 5.78 Å². The SMILES string of the molecule is CC1CCCN(CC(=O)c2ccc3c(c2)CCCN3)C1. The van der Waals surface area contributed by atoms with Crippen LogP contribution < -0.4 is 5.32 Å². The topological polar surface area (TPSA) is 32.3 Å². The summed E-state index contributed by atoms with van der Waals surface area (Å²) in [5.74, 6) is 0.997. The number of carbonyl (C=O) groups is 1. The molecule has 1 aromatic carbocycles. The maximum atomic E-state index is 12.4. The molecule has 0 bridgehead atoms. The van der Waals surface area contributed by atoms with Gasteiger partial charge in [-0.2, -0.15) is 0 Å². The Morgan fingerprint density at radius 2 is 2.30 bits per heavy atom. The first-order valence-electron chi connectivity index (χ1n) is 7.85. The molecule has 1 fully saturated rings. The Bertz CT molecular complexity index is 498. The molecule has 1 atom stereocenters. The minimum atomic E-state index is 0.271. The maximum absolute atomic E-state index is 12.4. The van der Waals surface area contributed by atoms with Gasteiger partial charge in [-0.05, 0) is 61.9 Å². The molecule has 0 amide bonds. The van der Waals surface area contributed by atoms with Gasteiger partial charge < -0.3 is 5.32 Å². The molecule has 2 aliphatic heterocycles. The minimum Gasteiger partial charge on any atom is -0.385 e. The van der Waals surface area contributed by atoms with Crippen LogP contribution in [0.4, 0.5) is 5.69 Å². The van der Waals surface area contributed by atoms with Crippen molar-refractivity contribution < 1.29 is 4.79 Å². The quantitative estimate of drug-likeness (QED) is 0.859. The molecule has 1 unspecified atom stereocenters. The Kier molecular flexibility index (Phi) is 4.06. The van der Waals surface area contributed by atoms with Gasteiger partial charge in [-0.25, -0.2) is 0 Å². The number of Topliss-reactive ketones (excluding diaryl/α,β-unsaturated/α-hetero) is 1. The average molecular weight is 272 g/mol. The van der Waals surface area contributed by atoms with E-state index in [1.807, 2.05) is 6.07 Å². The first kappa shape index (κ1) is 13.6. The molecule has 2 aliphatic rings. The lowest BCUT2D eigenvalue weighted by atomic mass is 9.97. The highest BCUT2D eigenvalue weighted by molar-refractivity contribution is 5.98. The number of fused-ring (bicyclic) bond motifs is 1. The fourth-order valence-electron chi connectivity index (χ4n) is 3.37. The highest BCUT2D eigenvalue weighted by Crippen LogP contribution is 2.23. The van der Waals surface area contributed by atoms with Gasteiger partial charge in [0.25, 0.3) is 0 Å². The first-order valence-corrected chi connectivity index (χ1v) is 7.85. The molecule has 0 aliphatic carbocycles. The van der Waals surface area contributed by atoms with E-state index in [4.69, 9.17) is 0 Å². The molecule has 20 heavy (non-hydrogen) atoms. The summed E-state index contributed by atoms with van der Waals surface area (Å²) >= 11 is 0. The monoisotopic (exact) mass is 272 g/mol. The number of anilines is 1. The third kappa shape index (κ3) is 3.04. The van der Waals surface area contributed by atoms with E-state index < -0.39 is 0 Å². The normalized spacial score (nSPS) is 22.9. The van der Waals surface area contributed by atoms with Crippen molar-refractivity contribution in [3.05, 3.63) is 29.3 Å². The standard InChI is InChI=1S/C17H24N2O/c1-13-4-3-9-19(11-13)12-17(20)15-6-7-16-14(10-15)5-2-8-18-16/h6-7,10,13,18H,2-5,8-9,11-12H2,1H3. The Labute approximate surface area is 121 Å². The van der Waals surface area contributed by atoms with Crippen LogP contribution in [0.2, 0.25) is 0 Å². The van der Waals surface area contributed by atoms with Crippen LogP contribution in [0, 0.1) is 5.92 Å². The second kappa shape index (κ2) is 5.96. The summed E-state index contributed by atoms with van der Waals surface area (Å²) in [5, 5.41) is 3.39. The molecule has 0 radical (unpaired) electrons. The summed E-state index contributed by atoms with van der Waals surface area (Å²) in [5.41, 5.74) is 3.39. The van der Waals surface area contributed by atoms with Crippen LogP contribution in [0.25, 0.3) is 0 Å². The third-order valence-corrected chi connectivity index (χ3v) is 4.47. The van der Waals surface area contributed by atoms with Gasteiger partial charge in [0.15, 0.2) is 5.78 Å². The minimum absolute atomic E-state index is 0.271. The van der Waals surface area contributed by atoms with Crippen molar-refractivity contribution in [3.63, 3.8) is 0 Å². The van der Waals surface area contributed by atoms with Gasteiger partial charge in [-0.1, -0.05) is 6.92 Å². The van der Waals surface area contributed by atoms with Crippen molar-refractivity contribution in [1.82, 2.24) is 4.90 Å². The maximum Gasteiger partial charge on any atom is 0.176 e. The van der Waals surface area contributed by atoms with E-state index in [1.165, 1.54) is 24.1 Å². The van der Waals surface area contributed by atoms with E-state index in [0.29, 0.717) is 6.54 Å². The number of aryl methyl sites for hydroxylation is 1. The molecule has 0 saturated carbocycles. The molecular formula is C17H24N2O. The molecule has 2 heterocycles. The van der Waals surface area contributed by atoms with Crippen LogP contribution in [0.3, 0.4) is 0 Å². The van der Waals surface area contributed by atoms with Crippen LogP contribution >= 0.6 is 0 Å². The smallest absolute Gasteiger partial charge is 0.176 e. The number of piperidine rings is 1. The molecule has 108 valence electrons. The van der Waals surface area contributed by atoms with E-state index in [2.05, 4.69) is 29.3 Å². The van der Waals surface area contributed by atoms with E-state index in [0.717, 1.165) is 44.0 Å². The second-order valence-electron chi connectivity index (χ2n) is 6.31. The summed E-state index contributed by atoms with van der Waals surface area (Å²) in [7, 11) is 0. The van der Waals surface area contributed by atoms with Gasteiger partial charge in [0, 0.05) is 24.3 Å². The predicted octanol–water partition coefficient (Wildman–Crippen LogP) is 2.96. The van der Waals surface area contributed by atoms with Crippen LogP contribution in [-0.2, 0) is 6.42 Å². The number of nitrogens with one attached hydrogen (secondary N) is 1. The van der Waals surface area contributed by atoms with Crippen LogP contribution in [0.5, 0.6) is 0 Å². The number of carbonyl (C=O) groups excluding carboxylic acids is 1. The number of ketones is 1. The van der Waals surface area contributed by atoms with Crippen molar-refractivity contribution in [2.75, 3.05) is 31.5 Å². The Morgan fingerprint density at radius 3 is 3.15 bits per heavy atom. The zero-order valence-electron chi connectivity index (χ0n) is 12.3. The zero-order valence-corrected chi connectivity index (χ0v) is 12.3. The number of rotatable bonds is 3. The molecule has 1 saturated heterocycles. The molecule has 0 aromatic heterocycles. The fourth-order valence-corrected chi connectivity index (χ4v) is 3.37. The summed E-state index contributed by atoms with van der Waals surface area (Å²) < 4.78 is 0. The Morgan fingerprint density at radius 1 is 1.40 bits per heavy atom.